The van der Waals surface area contributed by atoms with E-state index < -0.39 is 11.7 Å². The fourth-order valence-electron chi connectivity index (χ4n) is 3.95. The van der Waals surface area contributed by atoms with Crippen LogP contribution in [0.1, 0.15) is 23.1 Å². The minimum absolute atomic E-state index is 0.131. The number of hydrogen-bond acceptors (Lipinski definition) is 5. The van der Waals surface area contributed by atoms with Gasteiger partial charge in [-0.3, -0.25) is 9.36 Å². The molecular formula is C25H21F3N3OS3+. The van der Waals surface area contributed by atoms with Gasteiger partial charge in [-0.25, -0.2) is 0 Å². The van der Waals surface area contributed by atoms with Crippen LogP contribution in [0, 0.1) is 0 Å². The van der Waals surface area contributed by atoms with Crippen LogP contribution in [0.25, 0.3) is 11.1 Å². The lowest BCUT2D eigenvalue weighted by atomic mass is 10.2. The summed E-state index contributed by atoms with van der Waals surface area (Å²) in [6.07, 6.45) is -0.370. The van der Waals surface area contributed by atoms with Crippen molar-refractivity contribution in [3.63, 3.8) is 0 Å². The molecule has 0 spiro atoms. The maximum absolute atomic E-state index is 13.3. The van der Waals surface area contributed by atoms with Gasteiger partial charge in [0, 0.05) is 24.1 Å². The smallest absolute Gasteiger partial charge is 0.337 e. The number of thioether (sulfide) groups is 1. The molecule has 5 rings (SSSR count). The number of aromatic nitrogens is 2. The topological polar surface area (TPSA) is 29.1 Å². The van der Waals surface area contributed by atoms with Gasteiger partial charge in [-0.1, -0.05) is 53.4 Å². The number of nitrogens with zero attached hydrogens (tertiary/aromatic N) is 3. The summed E-state index contributed by atoms with van der Waals surface area (Å²) < 4.78 is 44.8. The summed E-state index contributed by atoms with van der Waals surface area (Å²) in [5.74, 6) is 0. The van der Waals surface area contributed by atoms with Gasteiger partial charge in [-0.05, 0) is 25.1 Å². The fraction of sp³-hybridized carbons (Fsp3) is 0.200. The van der Waals surface area contributed by atoms with Gasteiger partial charge >= 0.3 is 6.18 Å². The fourth-order valence-corrected chi connectivity index (χ4v) is 7.30. The molecule has 2 aromatic carbocycles. The minimum Gasteiger partial charge on any atom is -0.337 e. The van der Waals surface area contributed by atoms with Gasteiger partial charge in [-0.15, -0.1) is 11.3 Å². The number of fused-ring (bicyclic) bond motifs is 1. The van der Waals surface area contributed by atoms with Crippen molar-refractivity contribution in [3.05, 3.63) is 95.8 Å². The normalized spacial score (nSPS) is 15.7. The lowest BCUT2D eigenvalue weighted by Crippen LogP contribution is -2.36. The highest BCUT2D eigenvalue weighted by Crippen LogP contribution is 2.47. The maximum atomic E-state index is 13.3. The van der Waals surface area contributed by atoms with Crippen molar-refractivity contribution in [2.24, 2.45) is 0 Å². The molecule has 0 fully saturated rings. The Morgan fingerprint density at radius 2 is 1.89 bits per heavy atom. The Morgan fingerprint density at radius 3 is 2.60 bits per heavy atom. The number of halogens is 3. The first kappa shape index (κ1) is 23.9. The predicted molar refractivity (Wildman–Crippen MR) is 136 cm³/mol. The van der Waals surface area contributed by atoms with Gasteiger partial charge in [0.15, 0.2) is 12.7 Å². The first-order valence-electron chi connectivity index (χ1n) is 10.9. The van der Waals surface area contributed by atoms with E-state index in [1.807, 2.05) is 42.8 Å². The van der Waals surface area contributed by atoms with Crippen molar-refractivity contribution in [3.8, 4) is 0 Å². The highest BCUT2D eigenvalue weighted by molar-refractivity contribution is 8.08. The number of thiazole rings is 2. The standard InChI is InChI=1S/C25H21F3N3OS3/c1-3-31-21(14-20-30(11-12-33-20)15-16-7-5-4-6-8-16)35-22(23(31)32)24-29(2)18-10-9-17(25(26,27)28)13-19(18)34-24/h4-14H,3,15H2,1-2H3/q+1. The van der Waals surface area contributed by atoms with E-state index in [1.54, 1.807) is 27.9 Å². The van der Waals surface area contributed by atoms with Gasteiger partial charge in [0.1, 0.15) is 14.2 Å². The van der Waals surface area contributed by atoms with E-state index in [0.29, 0.717) is 26.7 Å². The van der Waals surface area contributed by atoms with Gasteiger partial charge < -0.3 is 4.90 Å². The Morgan fingerprint density at radius 1 is 1.11 bits per heavy atom. The SMILES string of the molecule is CCn1c(=Cc2scc[n+]2Cc2ccccc2)sc(=C2Sc3cc(C(F)(F)F)ccc3N2C)c1=O. The van der Waals surface area contributed by atoms with E-state index in [0.717, 1.165) is 28.3 Å². The maximum Gasteiger partial charge on any atom is 0.416 e. The molecule has 3 heterocycles. The highest BCUT2D eigenvalue weighted by atomic mass is 32.2. The molecule has 1 aliphatic heterocycles. The Labute approximate surface area is 211 Å². The van der Waals surface area contributed by atoms with Gasteiger partial charge in [-0.2, -0.15) is 17.7 Å². The van der Waals surface area contributed by atoms with Crippen LogP contribution in [-0.4, -0.2) is 11.6 Å². The molecular weight excluding hydrogens is 511 g/mol. The molecule has 0 atom stereocenters. The van der Waals surface area contributed by atoms with Crippen molar-refractivity contribution in [1.82, 2.24) is 4.57 Å². The number of anilines is 1. The summed E-state index contributed by atoms with van der Waals surface area (Å²) in [5.41, 5.74) is 1.03. The molecule has 1 aliphatic rings. The summed E-state index contributed by atoms with van der Waals surface area (Å²) in [6, 6.07) is 13.9. The van der Waals surface area contributed by atoms with Gasteiger partial charge in [0.25, 0.3) is 10.6 Å². The van der Waals surface area contributed by atoms with Crippen LogP contribution in [0.5, 0.6) is 0 Å². The minimum atomic E-state index is -4.41. The molecule has 0 aliphatic carbocycles. The molecule has 2 aromatic heterocycles. The summed E-state index contributed by atoms with van der Waals surface area (Å²) in [5, 5.41) is 3.68. The average Bonchev–Trinajstić information content (AvgIpc) is 3.49. The summed E-state index contributed by atoms with van der Waals surface area (Å²) in [4.78, 5) is 15.6. The Hall–Kier alpha value is -2.82. The van der Waals surface area contributed by atoms with E-state index in [9.17, 15) is 18.0 Å². The van der Waals surface area contributed by atoms with Crippen LogP contribution in [0.3, 0.4) is 0 Å². The quantitative estimate of drug-likeness (QED) is 0.363. The molecule has 35 heavy (non-hydrogen) atoms. The summed E-state index contributed by atoms with van der Waals surface area (Å²) in [7, 11) is 1.79. The Balaban J connectivity index is 1.59. The number of benzene rings is 2. The highest BCUT2D eigenvalue weighted by Gasteiger charge is 2.33. The molecule has 0 amide bonds. The lowest BCUT2D eigenvalue weighted by Gasteiger charge is -2.13. The van der Waals surface area contributed by atoms with Gasteiger partial charge in [0.05, 0.1) is 22.7 Å². The molecule has 4 nitrogen and oxygen atoms in total. The van der Waals surface area contributed by atoms with E-state index in [4.69, 9.17) is 0 Å². The van der Waals surface area contributed by atoms with Crippen LogP contribution < -0.4 is 24.2 Å². The van der Waals surface area contributed by atoms with Crippen molar-refractivity contribution < 1.29 is 17.7 Å². The molecule has 0 unspecified atom stereocenters. The molecule has 0 saturated carbocycles. The Bertz CT molecular complexity index is 1570. The summed E-state index contributed by atoms with van der Waals surface area (Å²) in [6.45, 7) is 3.14. The molecule has 10 heteroatoms. The monoisotopic (exact) mass is 532 g/mol. The van der Waals surface area contributed by atoms with Crippen molar-refractivity contribution in [2.45, 2.75) is 31.1 Å². The van der Waals surface area contributed by atoms with Crippen LogP contribution in [0.2, 0.25) is 0 Å². The van der Waals surface area contributed by atoms with E-state index >= 15 is 0 Å². The van der Waals surface area contributed by atoms with E-state index in [1.165, 1.54) is 34.7 Å². The molecule has 0 N–H and O–H groups in total. The van der Waals surface area contributed by atoms with Crippen molar-refractivity contribution >= 4 is 51.2 Å². The Kier molecular flexibility index (Phi) is 6.37. The summed E-state index contributed by atoms with van der Waals surface area (Å²) >= 11 is 4.18. The van der Waals surface area contributed by atoms with Crippen LogP contribution in [0.15, 0.2) is 69.8 Å². The predicted octanol–water partition coefficient (Wildman–Crippen LogP) is 4.48. The largest absolute Gasteiger partial charge is 0.416 e. The van der Waals surface area contributed by atoms with Crippen LogP contribution in [-0.2, 0) is 19.3 Å². The molecule has 180 valence electrons. The first-order valence-corrected chi connectivity index (χ1v) is 13.4. The van der Waals surface area contributed by atoms with E-state index in [2.05, 4.69) is 16.7 Å². The van der Waals surface area contributed by atoms with Crippen molar-refractivity contribution in [1.29, 1.82) is 0 Å². The van der Waals surface area contributed by atoms with Crippen LogP contribution >= 0.6 is 34.4 Å². The third-order valence-corrected chi connectivity index (χ3v) is 9.06. The third-order valence-electron chi connectivity index (χ3n) is 5.74. The zero-order valence-electron chi connectivity index (χ0n) is 18.9. The van der Waals surface area contributed by atoms with E-state index in [-0.39, 0.29) is 5.56 Å². The second-order valence-electron chi connectivity index (χ2n) is 7.96. The van der Waals surface area contributed by atoms with Gasteiger partial charge in [0.2, 0.25) is 0 Å². The van der Waals surface area contributed by atoms with Crippen molar-refractivity contribution in [2.75, 3.05) is 11.9 Å². The first-order chi connectivity index (χ1) is 16.8. The lowest BCUT2D eigenvalue weighted by molar-refractivity contribution is -0.685. The van der Waals surface area contributed by atoms with Crippen LogP contribution in [0.4, 0.5) is 18.9 Å². The zero-order chi connectivity index (χ0) is 24.7. The molecule has 4 aromatic rings. The molecule has 0 saturated heterocycles. The third kappa shape index (κ3) is 4.57. The zero-order valence-corrected chi connectivity index (χ0v) is 21.3. The number of hydrogen-bond donors (Lipinski definition) is 0. The number of alkyl halides is 3. The molecule has 0 radical (unpaired) electrons. The second kappa shape index (κ2) is 9.33. The molecule has 0 bridgehead atoms. The average molecular weight is 533 g/mol. The number of rotatable bonds is 4. The second-order valence-corrected chi connectivity index (χ2v) is 11.0.